The van der Waals surface area contributed by atoms with E-state index in [2.05, 4.69) is 56.2 Å². The minimum absolute atomic E-state index is 0.556. The molecule has 2 aromatic heterocycles. The number of ether oxygens (including phenoxy) is 1. The monoisotopic (exact) mass is 483 g/mol. The van der Waals surface area contributed by atoms with Crippen molar-refractivity contribution in [3.63, 3.8) is 0 Å². The van der Waals surface area contributed by atoms with E-state index in [1.54, 1.807) is 0 Å². The van der Waals surface area contributed by atoms with Crippen LogP contribution in [-0.2, 0) is 13.2 Å². The molecule has 7 heteroatoms. The van der Waals surface area contributed by atoms with Gasteiger partial charge in [-0.05, 0) is 49.0 Å². The van der Waals surface area contributed by atoms with E-state index in [0.717, 1.165) is 80.0 Å². The SMILES string of the molecule is CN(CCN1CCN(c2ccccn2)CC1)Cc1cc(-c2ccc(OCc3ccccc3)cc2)no1. The Hall–Kier alpha value is -3.68. The van der Waals surface area contributed by atoms with E-state index in [9.17, 15) is 0 Å². The van der Waals surface area contributed by atoms with Gasteiger partial charge in [0.2, 0.25) is 0 Å². The molecule has 0 spiro atoms. The molecule has 1 aliphatic rings. The van der Waals surface area contributed by atoms with E-state index >= 15 is 0 Å². The van der Waals surface area contributed by atoms with Crippen molar-refractivity contribution < 1.29 is 9.26 Å². The Morgan fingerprint density at radius 2 is 1.69 bits per heavy atom. The summed E-state index contributed by atoms with van der Waals surface area (Å²) in [4.78, 5) is 11.6. The Morgan fingerprint density at radius 3 is 2.44 bits per heavy atom. The van der Waals surface area contributed by atoms with Gasteiger partial charge in [-0.2, -0.15) is 0 Å². The van der Waals surface area contributed by atoms with Crippen LogP contribution in [0.4, 0.5) is 5.82 Å². The Morgan fingerprint density at radius 1 is 0.917 bits per heavy atom. The zero-order valence-electron chi connectivity index (χ0n) is 20.8. The average molecular weight is 484 g/mol. The molecule has 0 radical (unpaired) electrons. The Labute approximate surface area is 212 Å². The molecule has 0 unspecified atom stereocenters. The Bertz CT molecular complexity index is 1190. The van der Waals surface area contributed by atoms with E-state index in [1.165, 1.54) is 0 Å². The molecule has 7 nitrogen and oxygen atoms in total. The van der Waals surface area contributed by atoms with Crippen LogP contribution in [0.25, 0.3) is 11.3 Å². The van der Waals surface area contributed by atoms with Crippen LogP contribution in [0, 0.1) is 0 Å². The van der Waals surface area contributed by atoms with Crippen LogP contribution in [0.2, 0.25) is 0 Å². The van der Waals surface area contributed by atoms with Gasteiger partial charge in [-0.1, -0.05) is 41.6 Å². The van der Waals surface area contributed by atoms with Crippen LogP contribution in [0.3, 0.4) is 0 Å². The summed E-state index contributed by atoms with van der Waals surface area (Å²) in [6.45, 7) is 7.46. The number of aromatic nitrogens is 2. The maximum absolute atomic E-state index is 5.89. The molecule has 4 aromatic rings. The maximum atomic E-state index is 5.89. The van der Waals surface area contributed by atoms with Gasteiger partial charge in [-0.15, -0.1) is 0 Å². The largest absolute Gasteiger partial charge is 0.489 e. The first-order chi connectivity index (χ1) is 17.7. The van der Waals surface area contributed by atoms with Gasteiger partial charge in [0.05, 0.1) is 6.54 Å². The second-order valence-corrected chi connectivity index (χ2v) is 9.23. The number of hydrogen-bond donors (Lipinski definition) is 0. The highest BCUT2D eigenvalue weighted by Crippen LogP contribution is 2.23. The lowest BCUT2D eigenvalue weighted by molar-refractivity contribution is 0.201. The number of anilines is 1. The van der Waals surface area contributed by atoms with Crippen molar-refractivity contribution in [2.45, 2.75) is 13.2 Å². The molecule has 0 amide bonds. The molecule has 5 rings (SSSR count). The Kier molecular flexibility index (Phi) is 7.90. The molecule has 0 aliphatic carbocycles. The molecule has 0 bridgehead atoms. The minimum atomic E-state index is 0.556. The highest BCUT2D eigenvalue weighted by Gasteiger charge is 2.18. The molecule has 0 saturated carbocycles. The normalized spacial score (nSPS) is 14.3. The number of hydrogen-bond acceptors (Lipinski definition) is 7. The molecule has 3 heterocycles. The predicted molar refractivity (Wildman–Crippen MR) is 142 cm³/mol. The van der Waals surface area contributed by atoms with Crippen molar-refractivity contribution in [1.29, 1.82) is 0 Å². The van der Waals surface area contributed by atoms with E-state index < -0.39 is 0 Å². The number of rotatable bonds is 10. The van der Waals surface area contributed by atoms with Gasteiger partial charge in [-0.25, -0.2) is 4.98 Å². The summed E-state index contributed by atoms with van der Waals surface area (Å²) < 4.78 is 11.5. The number of piperazine rings is 1. The topological polar surface area (TPSA) is 57.9 Å². The van der Waals surface area contributed by atoms with Gasteiger partial charge < -0.3 is 14.2 Å². The highest BCUT2D eigenvalue weighted by molar-refractivity contribution is 5.59. The third-order valence-corrected chi connectivity index (χ3v) is 6.53. The molecule has 1 fully saturated rings. The lowest BCUT2D eigenvalue weighted by Gasteiger charge is -2.36. The van der Waals surface area contributed by atoms with Gasteiger partial charge >= 0.3 is 0 Å². The summed E-state index contributed by atoms with van der Waals surface area (Å²) in [5.74, 6) is 2.79. The number of benzene rings is 2. The second-order valence-electron chi connectivity index (χ2n) is 9.23. The number of likely N-dealkylation sites (N-methyl/N-ethyl adjacent to an activating group) is 1. The zero-order chi connectivity index (χ0) is 24.6. The van der Waals surface area contributed by atoms with E-state index in [0.29, 0.717) is 6.61 Å². The van der Waals surface area contributed by atoms with Crippen molar-refractivity contribution in [1.82, 2.24) is 19.9 Å². The first kappa shape index (κ1) is 24.0. The molecular formula is C29H33N5O2. The van der Waals surface area contributed by atoms with E-state index in [4.69, 9.17) is 9.26 Å². The lowest BCUT2D eigenvalue weighted by atomic mass is 10.1. The predicted octanol–water partition coefficient (Wildman–Crippen LogP) is 4.57. The fourth-order valence-corrected chi connectivity index (χ4v) is 4.38. The van der Waals surface area contributed by atoms with Crippen molar-refractivity contribution in [2.24, 2.45) is 0 Å². The molecule has 0 atom stereocenters. The maximum Gasteiger partial charge on any atom is 0.151 e. The van der Waals surface area contributed by atoms with Crippen molar-refractivity contribution >= 4 is 5.82 Å². The Balaban J connectivity index is 1.05. The van der Waals surface area contributed by atoms with Gasteiger partial charge in [-0.3, -0.25) is 9.80 Å². The first-order valence-corrected chi connectivity index (χ1v) is 12.5. The zero-order valence-corrected chi connectivity index (χ0v) is 20.8. The summed E-state index contributed by atoms with van der Waals surface area (Å²) in [5.41, 5.74) is 3.02. The van der Waals surface area contributed by atoms with E-state index in [1.807, 2.05) is 60.8 Å². The molecule has 2 aromatic carbocycles. The highest BCUT2D eigenvalue weighted by atomic mass is 16.5. The van der Waals surface area contributed by atoms with Crippen molar-refractivity contribution in [3.05, 3.63) is 96.4 Å². The summed E-state index contributed by atoms with van der Waals surface area (Å²) in [6, 6.07) is 26.3. The molecule has 186 valence electrons. The van der Waals surface area contributed by atoms with Crippen molar-refractivity contribution in [3.8, 4) is 17.0 Å². The molecule has 1 aliphatic heterocycles. The second kappa shape index (κ2) is 11.8. The standard InChI is InChI=1S/C29H33N5O2/c1-32(15-16-33-17-19-34(20-18-33)29-9-5-6-14-30-29)22-27-21-28(31-36-27)25-10-12-26(13-11-25)35-23-24-7-3-2-4-8-24/h2-14,21H,15-20,22-23H2,1H3. The minimum Gasteiger partial charge on any atom is -0.489 e. The smallest absolute Gasteiger partial charge is 0.151 e. The fourth-order valence-electron chi connectivity index (χ4n) is 4.38. The van der Waals surface area contributed by atoms with Crippen LogP contribution in [-0.4, -0.2) is 66.3 Å². The van der Waals surface area contributed by atoms with Gasteiger partial charge in [0, 0.05) is 57.1 Å². The first-order valence-electron chi connectivity index (χ1n) is 12.5. The van der Waals surface area contributed by atoms with Crippen LogP contribution in [0.15, 0.2) is 89.6 Å². The number of pyridine rings is 1. The fraction of sp³-hybridized carbons (Fsp3) is 0.310. The molecule has 1 saturated heterocycles. The van der Waals surface area contributed by atoms with E-state index in [-0.39, 0.29) is 0 Å². The van der Waals surface area contributed by atoms with Crippen LogP contribution >= 0.6 is 0 Å². The third-order valence-electron chi connectivity index (χ3n) is 6.53. The summed E-state index contributed by atoms with van der Waals surface area (Å²) >= 11 is 0. The third kappa shape index (κ3) is 6.50. The molecular weight excluding hydrogens is 450 g/mol. The summed E-state index contributed by atoms with van der Waals surface area (Å²) in [6.07, 6.45) is 1.86. The van der Waals surface area contributed by atoms with Crippen molar-refractivity contribution in [2.75, 3.05) is 51.2 Å². The molecule has 36 heavy (non-hydrogen) atoms. The average Bonchev–Trinajstić information content (AvgIpc) is 3.41. The van der Waals surface area contributed by atoms with Gasteiger partial charge in [0.25, 0.3) is 0 Å². The quantitative estimate of drug-likeness (QED) is 0.327. The van der Waals surface area contributed by atoms with Gasteiger partial charge in [0.1, 0.15) is 23.9 Å². The van der Waals surface area contributed by atoms with Gasteiger partial charge in [0.15, 0.2) is 5.76 Å². The van der Waals surface area contributed by atoms with Crippen LogP contribution in [0.1, 0.15) is 11.3 Å². The summed E-state index contributed by atoms with van der Waals surface area (Å²) in [7, 11) is 2.13. The molecule has 0 N–H and O–H groups in total. The van der Waals surface area contributed by atoms with Crippen LogP contribution < -0.4 is 9.64 Å². The number of nitrogens with zero attached hydrogens (tertiary/aromatic N) is 5. The van der Waals surface area contributed by atoms with Crippen LogP contribution in [0.5, 0.6) is 5.75 Å². The summed E-state index contributed by atoms with van der Waals surface area (Å²) in [5, 5.41) is 4.29. The lowest BCUT2D eigenvalue weighted by Crippen LogP contribution is -2.48.